The van der Waals surface area contributed by atoms with Gasteiger partial charge in [0.1, 0.15) is 12.4 Å². The number of anilines is 3. The molecule has 3 rings (SSSR count). The van der Waals surface area contributed by atoms with Crippen LogP contribution in [0.15, 0.2) is 71.1 Å². The minimum Gasteiger partial charge on any atom is -0.418 e. The van der Waals surface area contributed by atoms with Gasteiger partial charge in [-0.3, -0.25) is 5.73 Å². The molecule has 2 aromatic carbocycles. The molecule has 3 aromatic rings. The zero-order chi connectivity index (χ0) is 24.6. The van der Waals surface area contributed by atoms with Crippen molar-refractivity contribution in [2.45, 2.75) is 0 Å². The highest BCUT2D eigenvalue weighted by atomic mass is 19.5. The van der Waals surface area contributed by atoms with Gasteiger partial charge in [0, 0.05) is 39.6 Å². The molecule has 0 fully saturated rings. The summed E-state index contributed by atoms with van der Waals surface area (Å²) in [5.74, 6) is 0.419. The van der Waals surface area contributed by atoms with Crippen molar-refractivity contribution in [2.24, 2.45) is 10.2 Å². The molecular formula is C21H26BF4N7. The average molecular weight is 463 g/mol. The zero-order valence-electron chi connectivity index (χ0n) is 18.8. The highest BCUT2D eigenvalue weighted by molar-refractivity contribution is 6.50. The second-order valence-electron chi connectivity index (χ2n) is 7.30. The lowest BCUT2D eigenvalue weighted by Gasteiger charge is -2.11. The quantitative estimate of drug-likeness (QED) is 0.263. The number of nitrogens with two attached hydrogens (primary N) is 1. The number of imidazole rings is 1. The summed E-state index contributed by atoms with van der Waals surface area (Å²) in [6.45, 7) is 0. The summed E-state index contributed by atoms with van der Waals surface area (Å²) >= 11 is 0. The molecule has 0 saturated carbocycles. The number of aromatic nitrogens is 2. The van der Waals surface area contributed by atoms with Crippen LogP contribution in [0.4, 0.5) is 34.6 Å². The summed E-state index contributed by atoms with van der Waals surface area (Å²) < 4.78 is 42.2. The maximum atomic E-state index is 9.75. The Balaban J connectivity index is 0.000000696. The fourth-order valence-electron chi connectivity index (χ4n) is 2.55. The van der Waals surface area contributed by atoms with E-state index in [1.165, 1.54) is 0 Å². The van der Waals surface area contributed by atoms with E-state index in [2.05, 4.69) is 20.0 Å². The Morgan fingerprint density at radius 2 is 1.24 bits per heavy atom. The summed E-state index contributed by atoms with van der Waals surface area (Å²) in [6.07, 6.45) is 7.08. The highest BCUT2D eigenvalue weighted by Gasteiger charge is 2.20. The molecule has 0 aliphatic heterocycles. The largest absolute Gasteiger partial charge is 0.673 e. The van der Waals surface area contributed by atoms with Crippen molar-refractivity contribution in [2.75, 3.05) is 43.7 Å². The molecule has 176 valence electrons. The first kappa shape index (κ1) is 25.4. The van der Waals surface area contributed by atoms with Crippen molar-refractivity contribution in [1.82, 2.24) is 4.68 Å². The van der Waals surface area contributed by atoms with Crippen molar-refractivity contribution in [1.29, 1.82) is 0 Å². The van der Waals surface area contributed by atoms with Gasteiger partial charge in [-0.25, -0.2) is 0 Å². The van der Waals surface area contributed by atoms with Gasteiger partial charge < -0.3 is 27.1 Å². The van der Waals surface area contributed by atoms with Crippen LogP contribution in [0, 0.1) is 0 Å². The van der Waals surface area contributed by atoms with Gasteiger partial charge in [0.05, 0.1) is 12.4 Å². The second kappa shape index (κ2) is 11.2. The summed E-state index contributed by atoms with van der Waals surface area (Å²) in [5, 5.41) is 8.82. The molecule has 0 unspecified atom stereocenters. The molecule has 0 radical (unpaired) electrons. The van der Waals surface area contributed by atoms with E-state index < -0.39 is 7.25 Å². The predicted molar refractivity (Wildman–Crippen MR) is 127 cm³/mol. The highest BCUT2D eigenvalue weighted by Crippen LogP contribution is 2.12. The maximum absolute atomic E-state index is 9.75. The number of hydrogen-bond acceptors (Lipinski definition) is 5. The van der Waals surface area contributed by atoms with Gasteiger partial charge in [0.2, 0.25) is 0 Å². The lowest BCUT2D eigenvalue weighted by atomic mass is 10.2. The molecule has 0 spiro atoms. The molecule has 1 aromatic heterocycles. The van der Waals surface area contributed by atoms with Gasteiger partial charge >= 0.3 is 13.2 Å². The van der Waals surface area contributed by atoms with E-state index in [4.69, 9.17) is 5.73 Å². The predicted octanol–water partition coefficient (Wildman–Crippen LogP) is 3.55. The molecule has 7 nitrogen and oxygen atoms in total. The lowest BCUT2D eigenvalue weighted by molar-refractivity contribution is -0.662. The third kappa shape index (κ3) is 8.67. The van der Waals surface area contributed by atoms with Crippen molar-refractivity contribution >= 4 is 37.0 Å². The summed E-state index contributed by atoms with van der Waals surface area (Å²) in [6, 6.07) is 16.3. The number of nitrogens with zero attached hydrogens (tertiary/aromatic N) is 6. The molecule has 12 heteroatoms. The molecule has 1 heterocycles. The van der Waals surface area contributed by atoms with E-state index in [9.17, 15) is 17.3 Å². The summed E-state index contributed by atoms with van der Waals surface area (Å²) in [7, 11) is 2.05. The van der Waals surface area contributed by atoms with E-state index >= 15 is 0 Å². The lowest BCUT2D eigenvalue weighted by Crippen LogP contribution is -2.30. The Hall–Kier alpha value is -3.83. The minimum atomic E-state index is -6.00. The van der Waals surface area contributed by atoms with Gasteiger partial charge in [-0.2, -0.15) is 0 Å². The number of benzene rings is 2. The van der Waals surface area contributed by atoms with Crippen LogP contribution in [0.5, 0.6) is 0 Å². The Morgan fingerprint density at radius 1 is 0.818 bits per heavy atom. The Morgan fingerprint density at radius 3 is 1.67 bits per heavy atom. The molecule has 33 heavy (non-hydrogen) atoms. The molecule has 2 N–H and O–H groups in total. The molecular weight excluding hydrogens is 437 g/mol. The molecule has 0 aliphatic carbocycles. The van der Waals surface area contributed by atoms with E-state index in [0.29, 0.717) is 5.95 Å². The normalized spacial score (nSPS) is 11.5. The Bertz CT molecular complexity index is 988. The third-order valence-corrected chi connectivity index (χ3v) is 4.30. The van der Waals surface area contributed by atoms with Crippen molar-refractivity contribution < 1.29 is 21.9 Å². The maximum Gasteiger partial charge on any atom is 0.673 e. The van der Waals surface area contributed by atoms with E-state index in [-0.39, 0.29) is 0 Å². The number of nitrogen functional groups attached to an aromatic ring is 1. The number of halogens is 4. The van der Waals surface area contributed by atoms with Gasteiger partial charge in [0.15, 0.2) is 0 Å². The molecule has 0 amide bonds. The van der Waals surface area contributed by atoms with Gasteiger partial charge in [-0.1, -0.05) is 24.3 Å². The van der Waals surface area contributed by atoms with Crippen molar-refractivity contribution in [3.63, 3.8) is 0 Å². The minimum absolute atomic E-state index is 0.419. The molecule has 0 aliphatic rings. The fraction of sp³-hybridized carbons (Fsp3) is 0.190. The fourth-order valence-corrected chi connectivity index (χ4v) is 2.55. The number of hydrogen-bond donors (Lipinski definition) is 1. The monoisotopic (exact) mass is 463 g/mol. The van der Waals surface area contributed by atoms with Crippen molar-refractivity contribution in [3.8, 4) is 0 Å². The Labute approximate surface area is 190 Å². The molecule has 0 atom stereocenters. The van der Waals surface area contributed by atoms with Gasteiger partial charge in [0.25, 0.3) is 0 Å². The van der Waals surface area contributed by atoms with Gasteiger partial charge in [-0.05, 0) is 35.4 Å². The first-order valence-electron chi connectivity index (χ1n) is 9.83. The Kier molecular flexibility index (Phi) is 8.60. The first-order valence-corrected chi connectivity index (χ1v) is 9.83. The van der Waals surface area contributed by atoms with Crippen LogP contribution in [-0.2, 0) is 0 Å². The van der Waals surface area contributed by atoms with Crippen LogP contribution in [0.1, 0.15) is 11.1 Å². The third-order valence-electron chi connectivity index (χ3n) is 4.30. The van der Waals surface area contributed by atoms with E-state index in [1.807, 2.05) is 76.7 Å². The first-order chi connectivity index (χ1) is 15.4. The molecule has 0 saturated heterocycles. The van der Waals surface area contributed by atoms with Gasteiger partial charge in [-0.15, -0.1) is 19.6 Å². The van der Waals surface area contributed by atoms with E-state index in [0.717, 1.165) is 22.5 Å². The van der Waals surface area contributed by atoms with Crippen LogP contribution < -0.4 is 20.2 Å². The molecule has 0 bridgehead atoms. The summed E-state index contributed by atoms with van der Waals surface area (Å²) in [5.41, 5.74) is 10.4. The zero-order valence-corrected chi connectivity index (χ0v) is 18.8. The van der Waals surface area contributed by atoms with Crippen LogP contribution in [0.3, 0.4) is 0 Å². The summed E-state index contributed by atoms with van der Waals surface area (Å²) in [4.78, 5) is 4.11. The van der Waals surface area contributed by atoms with Crippen LogP contribution >= 0.6 is 0 Å². The van der Waals surface area contributed by atoms with Crippen LogP contribution in [0.2, 0.25) is 0 Å². The standard InChI is InChI=1S/C21H25N7.BF4/c1-25(2)19-9-5-17(6-10-19)15-23-27-13-14-28(21(27)22)24-16-18-7-11-20(12-8-18)26(3)4;2-1(3,4)5/h5-16,22H,1-4H3;/q;-1/p+1/b23-15+,24-16+;. The van der Waals surface area contributed by atoms with Crippen LogP contribution in [0.25, 0.3) is 0 Å². The SMILES string of the molecule is CN(C)c1ccc(/C=N/n2cc[n+](/N=C/c3ccc(N(C)C)cc3)c2N)cc1.F[B-](F)(F)F. The smallest absolute Gasteiger partial charge is 0.418 e. The number of rotatable bonds is 6. The average Bonchev–Trinajstić information content (AvgIpc) is 3.09. The van der Waals surface area contributed by atoms with E-state index in [1.54, 1.807) is 34.2 Å². The second-order valence-corrected chi connectivity index (χ2v) is 7.30. The topological polar surface area (TPSA) is 66.0 Å². The van der Waals surface area contributed by atoms with Crippen LogP contribution in [-0.4, -0.2) is 52.6 Å². The van der Waals surface area contributed by atoms with Crippen molar-refractivity contribution in [3.05, 3.63) is 72.1 Å².